The number of nitrogens with zero attached hydrogens (tertiary/aromatic N) is 5. The van der Waals surface area contributed by atoms with E-state index < -0.39 is 0 Å². The fraction of sp³-hybridized carbons (Fsp3) is 0.500. The smallest absolute Gasteiger partial charge is 0.270 e. The Bertz CT molecular complexity index is 1050. The molecule has 7 nitrogen and oxygen atoms in total. The molecular weight excluding hydrogens is 364 g/mol. The van der Waals surface area contributed by atoms with E-state index in [1.165, 1.54) is 18.4 Å². The van der Waals surface area contributed by atoms with Crippen LogP contribution in [0.1, 0.15) is 46.5 Å². The van der Waals surface area contributed by atoms with Crippen molar-refractivity contribution in [1.82, 2.24) is 29.5 Å². The lowest BCUT2D eigenvalue weighted by atomic mass is 9.97. The van der Waals surface area contributed by atoms with Gasteiger partial charge in [-0.15, -0.1) is 10.2 Å². The lowest BCUT2D eigenvalue weighted by Gasteiger charge is -2.29. The predicted molar refractivity (Wildman–Crippen MR) is 112 cm³/mol. The Hall–Kier alpha value is -2.67. The lowest BCUT2D eigenvalue weighted by Crippen LogP contribution is -2.34. The molecule has 0 spiro atoms. The Kier molecular flexibility index (Phi) is 4.62. The minimum absolute atomic E-state index is 0.0678. The highest BCUT2D eigenvalue weighted by Crippen LogP contribution is 2.27. The highest BCUT2D eigenvalue weighted by Gasteiger charge is 2.28. The molecule has 1 atom stereocenters. The molecule has 0 radical (unpaired) electrons. The Morgan fingerprint density at radius 3 is 2.90 bits per heavy atom. The number of aromatic nitrogens is 4. The molecule has 0 aliphatic carbocycles. The number of carbonyl (C=O) groups is 1. The summed E-state index contributed by atoms with van der Waals surface area (Å²) in [6.07, 6.45) is 3.12. The summed E-state index contributed by atoms with van der Waals surface area (Å²) in [6.45, 7) is 6.40. The maximum Gasteiger partial charge on any atom is 0.270 e. The summed E-state index contributed by atoms with van der Waals surface area (Å²) in [7, 11) is 2.17. The van der Waals surface area contributed by atoms with Gasteiger partial charge in [-0.1, -0.05) is 12.1 Å². The molecule has 2 aliphatic heterocycles. The van der Waals surface area contributed by atoms with Crippen molar-refractivity contribution < 1.29 is 4.79 Å². The zero-order valence-electron chi connectivity index (χ0n) is 17.2. The lowest BCUT2D eigenvalue weighted by molar-refractivity contribution is 0.0753. The van der Waals surface area contributed by atoms with Gasteiger partial charge in [0, 0.05) is 49.4 Å². The third kappa shape index (κ3) is 3.33. The van der Waals surface area contributed by atoms with Crippen molar-refractivity contribution in [3.8, 4) is 0 Å². The SMILES string of the molecule is Cc1cccc2[nH]c(C(=O)N3CCc4nnc([C@H]5CCCN(C)C5)n4CC3)cc12. The zero-order chi connectivity index (χ0) is 20.0. The molecule has 1 N–H and O–H groups in total. The van der Waals surface area contributed by atoms with Gasteiger partial charge >= 0.3 is 0 Å². The number of hydrogen-bond acceptors (Lipinski definition) is 4. The molecule has 0 saturated carbocycles. The Balaban J connectivity index is 1.35. The minimum atomic E-state index is 0.0678. The van der Waals surface area contributed by atoms with E-state index in [-0.39, 0.29) is 5.91 Å². The van der Waals surface area contributed by atoms with Gasteiger partial charge in [-0.25, -0.2) is 0 Å². The largest absolute Gasteiger partial charge is 0.351 e. The molecule has 1 amide bonds. The number of nitrogens with one attached hydrogen (secondary N) is 1. The van der Waals surface area contributed by atoms with Crippen LogP contribution in [0.25, 0.3) is 10.9 Å². The number of likely N-dealkylation sites (tertiary alicyclic amines) is 1. The first kappa shape index (κ1) is 18.4. The summed E-state index contributed by atoms with van der Waals surface area (Å²) in [5.41, 5.74) is 2.87. The highest BCUT2D eigenvalue weighted by atomic mass is 16.2. The number of hydrogen-bond donors (Lipinski definition) is 1. The van der Waals surface area contributed by atoms with Gasteiger partial charge in [0.15, 0.2) is 0 Å². The minimum Gasteiger partial charge on any atom is -0.351 e. The second kappa shape index (κ2) is 7.30. The fourth-order valence-electron chi connectivity index (χ4n) is 4.82. The van der Waals surface area contributed by atoms with Gasteiger partial charge < -0.3 is 19.4 Å². The zero-order valence-corrected chi connectivity index (χ0v) is 17.2. The van der Waals surface area contributed by atoms with E-state index in [1.807, 2.05) is 23.1 Å². The van der Waals surface area contributed by atoms with Crippen LogP contribution in [0.4, 0.5) is 0 Å². The second-order valence-corrected chi connectivity index (χ2v) is 8.49. The number of likely N-dealkylation sites (N-methyl/N-ethyl adjacent to an activating group) is 1. The van der Waals surface area contributed by atoms with Gasteiger partial charge in [0.2, 0.25) is 0 Å². The molecule has 3 aromatic rings. The summed E-state index contributed by atoms with van der Waals surface area (Å²) < 4.78 is 2.27. The first-order valence-corrected chi connectivity index (χ1v) is 10.6. The van der Waals surface area contributed by atoms with Gasteiger partial charge in [-0.3, -0.25) is 4.79 Å². The van der Waals surface area contributed by atoms with Gasteiger partial charge in [0.25, 0.3) is 5.91 Å². The van der Waals surface area contributed by atoms with E-state index in [4.69, 9.17) is 0 Å². The number of fused-ring (bicyclic) bond motifs is 2. The number of benzene rings is 1. The van der Waals surface area contributed by atoms with Crippen molar-refractivity contribution >= 4 is 16.8 Å². The third-order valence-electron chi connectivity index (χ3n) is 6.44. The normalized spacial score (nSPS) is 20.6. The van der Waals surface area contributed by atoms with E-state index in [0.717, 1.165) is 48.6 Å². The van der Waals surface area contributed by atoms with Crippen LogP contribution in [-0.2, 0) is 13.0 Å². The van der Waals surface area contributed by atoms with E-state index in [0.29, 0.717) is 24.7 Å². The fourth-order valence-corrected chi connectivity index (χ4v) is 4.82. The van der Waals surface area contributed by atoms with Crippen LogP contribution in [0.2, 0.25) is 0 Å². The van der Waals surface area contributed by atoms with Gasteiger partial charge in [-0.2, -0.15) is 0 Å². The quantitative estimate of drug-likeness (QED) is 0.728. The van der Waals surface area contributed by atoms with Crippen LogP contribution in [-0.4, -0.2) is 68.7 Å². The molecule has 2 aliphatic rings. The summed E-state index contributed by atoms with van der Waals surface area (Å²) >= 11 is 0. The molecule has 1 fully saturated rings. The topological polar surface area (TPSA) is 70.1 Å². The number of amides is 1. The van der Waals surface area contributed by atoms with Gasteiger partial charge in [0.1, 0.15) is 17.3 Å². The van der Waals surface area contributed by atoms with Gasteiger partial charge in [-0.05, 0) is 51.1 Å². The molecule has 4 heterocycles. The molecule has 1 saturated heterocycles. The van der Waals surface area contributed by atoms with Crippen LogP contribution < -0.4 is 0 Å². The van der Waals surface area contributed by atoms with E-state index >= 15 is 0 Å². The monoisotopic (exact) mass is 392 g/mol. The van der Waals surface area contributed by atoms with Crippen LogP contribution >= 0.6 is 0 Å². The Labute approximate surface area is 170 Å². The Morgan fingerprint density at radius 1 is 1.17 bits per heavy atom. The second-order valence-electron chi connectivity index (χ2n) is 8.49. The van der Waals surface area contributed by atoms with Crippen LogP contribution in [0.5, 0.6) is 0 Å². The maximum absolute atomic E-state index is 13.2. The van der Waals surface area contributed by atoms with Crippen molar-refractivity contribution in [3.05, 3.63) is 47.2 Å². The number of rotatable bonds is 2. The third-order valence-corrected chi connectivity index (χ3v) is 6.44. The molecule has 1 aromatic carbocycles. The van der Waals surface area contributed by atoms with Crippen molar-refractivity contribution in [2.45, 2.75) is 38.6 Å². The van der Waals surface area contributed by atoms with Crippen molar-refractivity contribution in [1.29, 1.82) is 0 Å². The molecule has 2 aromatic heterocycles. The number of piperidine rings is 1. The molecule has 152 valence electrons. The van der Waals surface area contributed by atoms with E-state index in [9.17, 15) is 4.79 Å². The number of carbonyl (C=O) groups excluding carboxylic acids is 1. The molecular formula is C22H28N6O. The number of H-pyrrole nitrogens is 1. The molecule has 0 bridgehead atoms. The van der Waals surface area contributed by atoms with Crippen LogP contribution in [0, 0.1) is 6.92 Å². The summed E-state index contributed by atoms with van der Waals surface area (Å²) in [5, 5.41) is 10.1. The highest BCUT2D eigenvalue weighted by molar-refractivity contribution is 5.98. The molecule has 7 heteroatoms. The van der Waals surface area contributed by atoms with Crippen molar-refractivity contribution in [2.24, 2.45) is 0 Å². The molecule has 29 heavy (non-hydrogen) atoms. The van der Waals surface area contributed by atoms with E-state index in [1.54, 1.807) is 0 Å². The molecule has 0 unspecified atom stereocenters. The number of aromatic amines is 1. The van der Waals surface area contributed by atoms with Crippen molar-refractivity contribution in [3.63, 3.8) is 0 Å². The predicted octanol–water partition coefficient (Wildman–Crippen LogP) is 2.58. The molecule has 5 rings (SSSR count). The van der Waals surface area contributed by atoms with Crippen LogP contribution in [0.3, 0.4) is 0 Å². The summed E-state index contributed by atoms with van der Waals surface area (Å²) in [4.78, 5) is 20.8. The standard InChI is InChI=1S/C22H28N6O/c1-15-5-3-7-18-17(15)13-19(23-18)22(29)27-10-8-20-24-25-21(28(20)12-11-27)16-6-4-9-26(2)14-16/h3,5,7,13,16,23H,4,6,8-12,14H2,1-2H3/t16-/m0/s1. The Morgan fingerprint density at radius 2 is 2.07 bits per heavy atom. The average Bonchev–Trinajstić information content (AvgIpc) is 3.27. The average molecular weight is 393 g/mol. The van der Waals surface area contributed by atoms with E-state index in [2.05, 4.69) is 44.7 Å². The number of aryl methyl sites for hydroxylation is 1. The first-order valence-electron chi connectivity index (χ1n) is 10.6. The summed E-state index contributed by atoms with van der Waals surface area (Å²) in [5.74, 6) is 2.62. The van der Waals surface area contributed by atoms with Crippen LogP contribution in [0.15, 0.2) is 24.3 Å². The van der Waals surface area contributed by atoms with Crippen molar-refractivity contribution in [2.75, 3.05) is 33.2 Å². The van der Waals surface area contributed by atoms with Gasteiger partial charge in [0.05, 0.1) is 0 Å². The maximum atomic E-state index is 13.2. The summed E-state index contributed by atoms with van der Waals surface area (Å²) in [6, 6.07) is 8.11. The first-order chi connectivity index (χ1) is 14.1.